The van der Waals surface area contributed by atoms with Crippen LogP contribution in [0.2, 0.25) is 0 Å². The molecule has 88 valence electrons. The van der Waals surface area contributed by atoms with Crippen LogP contribution in [0, 0.1) is 0 Å². The van der Waals surface area contributed by atoms with E-state index in [9.17, 15) is 4.79 Å². The molecular formula is C10H19NO3S. The largest absolute Gasteiger partial charge is 0.479 e. The van der Waals surface area contributed by atoms with Gasteiger partial charge < -0.3 is 14.7 Å². The van der Waals surface area contributed by atoms with Crippen molar-refractivity contribution in [2.75, 3.05) is 32.1 Å². The standard InChI is InChI=1S/C10H19NO3S/c1-11(5-6-15-2)7-8-3-4-9(14-8)10(12)13/h8-9H,3-7H2,1-2H3,(H,12,13). The highest BCUT2D eigenvalue weighted by atomic mass is 32.2. The van der Waals surface area contributed by atoms with Crippen LogP contribution in [-0.4, -0.2) is 60.3 Å². The minimum atomic E-state index is -0.829. The molecule has 1 aliphatic heterocycles. The number of carboxylic acid groups (broad SMARTS) is 1. The Labute approximate surface area is 95.0 Å². The van der Waals surface area contributed by atoms with E-state index in [1.807, 2.05) is 18.8 Å². The summed E-state index contributed by atoms with van der Waals surface area (Å²) in [5.74, 6) is 0.273. The summed E-state index contributed by atoms with van der Waals surface area (Å²) in [5, 5.41) is 8.76. The topological polar surface area (TPSA) is 49.8 Å². The SMILES string of the molecule is CSCCN(C)CC1CCC(C(=O)O)O1. The molecule has 0 amide bonds. The second-order valence-corrected chi connectivity index (χ2v) is 4.90. The predicted octanol–water partition coefficient (Wildman–Crippen LogP) is 0.913. The summed E-state index contributed by atoms with van der Waals surface area (Å²) in [6.45, 7) is 1.86. The first-order valence-electron chi connectivity index (χ1n) is 5.19. The molecule has 2 atom stereocenters. The van der Waals surface area contributed by atoms with E-state index in [0.717, 1.165) is 25.3 Å². The van der Waals surface area contributed by atoms with Gasteiger partial charge in [0.25, 0.3) is 0 Å². The number of nitrogens with zero attached hydrogens (tertiary/aromatic N) is 1. The van der Waals surface area contributed by atoms with E-state index in [0.29, 0.717) is 6.42 Å². The van der Waals surface area contributed by atoms with Crippen molar-refractivity contribution in [3.63, 3.8) is 0 Å². The lowest BCUT2D eigenvalue weighted by molar-refractivity contribution is -0.149. The van der Waals surface area contributed by atoms with Crippen LogP contribution in [0.3, 0.4) is 0 Å². The zero-order chi connectivity index (χ0) is 11.3. The van der Waals surface area contributed by atoms with Gasteiger partial charge in [0, 0.05) is 18.8 Å². The number of carboxylic acids is 1. The van der Waals surface area contributed by atoms with Crippen molar-refractivity contribution in [2.45, 2.75) is 25.0 Å². The summed E-state index contributed by atoms with van der Waals surface area (Å²) in [6, 6.07) is 0. The molecule has 0 spiro atoms. The van der Waals surface area contributed by atoms with E-state index in [1.54, 1.807) is 0 Å². The van der Waals surface area contributed by atoms with Gasteiger partial charge in [-0.1, -0.05) is 0 Å². The molecule has 1 N–H and O–H groups in total. The summed E-state index contributed by atoms with van der Waals surface area (Å²) in [4.78, 5) is 12.9. The normalized spacial score (nSPS) is 26.1. The van der Waals surface area contributed by atoms with Gasteiger partial charge in [-0.3, -0.25) is 0 Å². The monoisotopic (exact) mass is 233 g/mol. The highest BCUT2D eigenvalue weighted by Crippen LogP contribution is 2.20. The Morgan fingerprint density at radius 3 is 2.87 bits per heavy atom. The lowest BCUT2D eigenvalue weighted by atomic mass is 10.2. The Hall–Kier alpha value is -0.260. The van der Waals surface area contributed by atoms with Crippen LogP contribution in [-0.2, 0) is 9.53 Å². The third kappa shape index (κ3) is 4.40. The zero-order valence-corrected chi connectivity index (χ0v) is 10.1. The summed E-state index contributed by atoms with van der Waals surface area (Å²) >= 11 is 1.82. The van der Waals surface area contributed by atoms with Crippen molar-refractivity contribution in [2.24, 2.45) is 0 Å². The molecule has 0 aromatic heterocycles. The quantitative estimate of drug-likeness (QED) is 0.739. The van der Waals surface area contributed by atoms with Crippen LogP contribution in [0.25, 0.3) is 0 Å². The highest BCUT2D eigenvalue weighted by Gasteiger charge is 2.30. The van der Waals surface area contributed by atoms with Crippen molar-refractivity contribution in [1.82, 2.24) is 4.90 Å². The third-order valence-electron chi connectivity index (χ3n) is 2.58. The molecule has 5 heteroatoms. The number of thioether (sulfide) groups is 1. The molecule has 0 aromatic rings. The number of aliphatic carboxylic acids is 1. The van der Waals surface area contributed by atoms with Crippen LogP contribution in [0.1, 0.15) is 12.8 Å². The van der Waals surface area contributed by atoms with E-state index in [4.69, 9.17) is 9.84 Å². The maximum Gasteiger partial charge on any atom is 0.332 e. The maximum absolute atomic E-state index is 10.7. The number of hydrogen-bond acceptors (Lipinski definition) is 4. The van der Waals surface area contributed by atoms with Gasteiger partial charge in [0.15, 0.2) is 6.10 Å². The Morgan fingerprint density at radius 1 is 1.60 bits per heavy atom. The Balaban J connectivity index is 2.20. The first-order chi connectivity index (χ1) is 7.13. The van der Waals surface area contributed by atoms with Gasteiger partial charge in [0.1, 0.15) is 0 Å². The number of likely N-dealkylation sites (N-methyl/N-ethyl adjacent to an activating group) is 1. The predicted molar refractivity (Wildman–Crippen MR) is 61.4 cm³/mol. The molecule has 0 aliphatic carbocycles. The molecule has 1 saturated heterocycles. The van der Waals surface area contributed by atoms with Gasteiger partial charge in [-0.25, -0.2) is 4.79 Å². The van der Waals surface area contributed by atoms with E-state index in [-0.39, 0.29) is 6.10 Å². The van der Waals surface area contributed by atoms with E-state index in [1.165, 1.54) is 0 Å². The Morgan fingerprint density at radius 2 is 2.33 bits per heavy atom. The molecule has 0 saturated carbocycles. The van der Waals surface area contributed by atoms with Crippen LogP contribution in [0.15, 0.2) is 0 Å². The van der Waals surface area contributed by atoms with Gasteiger partial charge in [-0.15, -0.1) is 0 Å². The Kier molecular flexibility index (Phi) is 5.42. The van der Waals surface area contributed by atoms with Gasteiger partial charge in [0.05, 0.1) is 6.10 Å². The fourth-order valence-electron chi connectivity index (χ4n) is 1.71. The fraction of sp³-hybridized carbons (Fsp3) is 0.900. The van der Waals surface area contributed by atoms with Gasteiger partial charge in [-0.05, 0) is 26.1 Å². The minimum Gasteiger partial charge on any atom is -0.479 e. The van der Waals surface area contributed by atoms with E-state index in [2.05, 4.69) is 11.2 Å². The summed E-state index contributed by atoms with van der Waals surface area (Å²) < 4.78 is 5.43. The molecule has 4 nitrogen and oxygen atoms in total. The van der Waals surface area contributed by atoms with Crippen molar-refractivity contribution in [1.29, 1.82) is 0 Å². The minimum absolute atomic E-state index is 0.0953. The lowest BCUT2D eigenvalue weighted by Crippen LogP contribution is -2.32. The number of carbonyl (C=O) groups is 1. The van der Waals surface area contributed by atoms with Crippen LogP contribution in [0.4, 0.5) is 0 Å². The average Bonchev–Trinajstić information content (AvgIpc) is 2.63. The highest BCUT2D eigenvalue weighted by molar-refractivity contribution is 7.98. The zero-order valence-electron chi connectivity index (χ0n) is 9.31. The van der Waals surface area contributed by atoms with Crippen molar-refractivity contribution in [3.8, 4) is 0 Å². The average molecular weight is 233 g/mol. The van der Waals surface area contributed by atoms with Gasteiger partial charge >= 0.3 is 5.97 Å². The molecule has 15 heavy (non-hydrogen) atoms. The van der Waals surface area contributed by atoms with Crippen molar-refractivity contribution < 1.29 is 14.6 Å². The molecule has 0 bridgehead atoms. The van der Waals surface area contributed by atoms with E-state index < -0.39 is 12.1 Å². The maximum atomic E-state index is 10.7. The summed E-state index contributed by atoms with van der Waals surface area (Å²) in [7, 11) is 2.05. The van der Waals surface area contributed by atoms with Crippen LogP contribution in [0.5, 0.6) is 0 Å². The van der Waals surface area contributed by atoms with Crippen LogP contribution < -0.4 is 0 Å². The number of ether oxygens (including phenoxy) is 1. The number of hydrogen-bond donors (Lipinski definition) is 1. The van der Waals surface area contributed by atoms with Gasteiger partial charge in [0.2, 0.25) is 0 Å². The van der Waals surface area contributed by atoms with E-state index >= 15 is 0 Å². The second-order valence-electron chi connectivity index (χ2n) is 3.92. The summed E-state index contributed by atoms with van der Waals surface area (Å²) in [5.41, 5.74) is 0. The molecule has 1 aliphatic rings. The third-order valence-corrected chi connectivity index (χ3v) is 3.17. The van der Waals surface area contributed by atoms with Crippen molar-refractivity contribution >= 4 is 17.7 Å². The lowest BCUT2D eigenvalue weighted by Gasteiger charge is -2.20. The smallest absolute Gasteiger partial charge is 0.332 e. The first kappa shape index (κ1) is 12.8. The molecule has 1 rings (SSSR count). The van der Waals surface area contributed by atoms with Crippen LogP contribution >= 0.6 is 11.8 Å². The summed E-state index contributed by atoms with van der Waals surface area (Å²) in [6.07, 6.45) is 3.11. The molecule has 1 heterocycles. The van der Waals surface area contributed by atoms with Crippen molar-refractivity contribution in [3.05, 3.63) is 0 Å². The van der Waals surface area contributed by atoms with Gasteiger partial charge in [-0.2, -0.15) is 11.8 Å². The molecule has 1 fully saturated rings. The first-order valence-corrected chi connectivity index (χ1v) is 6.58. The second kappa shape index (κ2) is 6.35. The molecule has 2 unspecified atom stereocenters. The Bertz CT molecular complexity index is 213. The molecule has 0 aromatic carbocycles. The molecular weight excluding hydrogens is 214 g/mol. The molecule has 0 radical (unpaired) electrons. The number of rotatable bonds is 6. The fourth-order valence-corrected chi connectivity index (χ4v) is 2.20.